The second kappa shape index (κ2) is 6.30. The zero-order chi connectivity index (χ0) is 13.7. The SMILES string of the molecule is COC(=O)c1nc(C)cc(NCC(C)N(C)C)n1. The number of methoxy groups -OCH3 is 1. The van der Waals surface area contributed by atoms with Crippen LogP contribution < -0.4 is 5.32 Å². The van der Waals surface area contributed by atoms with E-state index in [0.717, 1.165) is 12.2 Å². The van der Waals surface area contributed by atoms with Gasteiger partial charge in [-0.15, -0.1) is 0 Å². The molecule has 1 N–H and O–H groups in total. The lowest BCUT2D eigenvalue weighted by molar-refractivity contribution is 0.0586. The van der Waals surface area contributed by atoms with Crippen LogP contribution in [-0.4, -0.2) is 54.6 Å². The van der Waals surface area contributed by atoms with E-state index in [1.807, 2.05) is 21.0 Å². The fourth-order valence-electron chi connectivity index (χ4n) is 1.28. The van der Waals surface area contributed by atoms with Crippen molar-refractivity contribution in [1.82, 2.24) is 14.9 Å². The van der Waals surface area contributed by atoms with E-state index in [0.29, 0.717) is 11.9 Å². The highest BCUT2D eigenvalue weighted by Gasteiger charge is 2.12. The lowest BCUT2D eigenvalue weighted by Gasteiger charge is -2.20. The van der Waals surface area contributed by atoms with E-state index in [2.05, 4.69) is 31.8 Å². The smallest absolute Gasteiger partial charge is 0.376 e. The van der Waals surface area contributed by atoms with Crippen molar-refractivity contribution in [3.63, 3.8) is 0 Å². The van der Waals surface area contributed by atoms with Crippen LogP contribution in [0.25, 0.3) is 0 Å². The molecule has 0 saturated heterocycles. The zero-order valence-electron chi connectivity index (χ0n) is 11.5. The lowest BCUT2D eigenvalue weighted by Crippen LogP contribution is -2.31. The van der Waals surface area contributed by atoms with Crippen LogP contribution in [0, 0.1) is 6.92 Å². The fraction of sp³-hybridized carbons (Fsp3) is 0.583. The molecule has 1 rings (SSSR count). The molecule has 0 aromatic carbocycles. The van der Waals surface area contributed by atoms with Crippen LogP contribution in [0.5, 0.6) is 0 Å². The molecule has 0 saturated carbocycles. The number of rotatable bonds is 5. The summed E-state index contributed by atoms with van der Waals surface area (Å²) in [6.45, 7) is 4.65. The third-order valence-corrected chi connectivity index (χ3v) is 2.68. The van der Waals surface area contributed by atoms with Crippen LogP contribution in [0.4, 0.5) is 5.82 Å². The normalized spacial score (nSPS) is 12.3. The van der Waals surface area contributed by atoms with Crippen molar-refractivity contribution >= 4 is 11.8 Å². The van der Waals surface area contributed by atoms with Gasteiger partial charge in [0, 0.05) is 24.3 Å². The molecule has 1 aromatic rings. The quantitative estimate of drug-likeness (QED) is 0.786. The minimum absolute atomic E-state index is 0.0810. The van der Waals surface area contributed by atoms with Gasteiger partial charge < -0.3 is 15.0 Å². The number of aryl methyl sites for hydroxylation is 1. The summed E-state index contributed by atoms with van der Waals surface area (Å²) in [5, 5.41) is 3.19. The molecule has 18 heavy (non-hydrogen) atoms. The van der Waals surface area contributed by atoms with Crippen molar-refractivity contribution in [2.75, 3.05) is 33.1 Å². The zero-order valence-corrected chi connectivity index (χ0v) is 11.5. The first kappa shape index (κ1) is 14.4. The molecule has 0 fully saturated rings. The highest BCUT2D eigenvalue weighted by molar-refractivity contribution is 5.85. The number of likely N-dealkylation sites (N-methyl/N-ethyl adjacent to an activating group) is 1. The first-order chi connectivity index (χ1) is 8.43. The maximum Gasteiger partial charge on any atom is 0.376 e. The molecule has 0 aliphatic heterocycles. The van der Waals surface area contributed by atoms with Crippen molar-refractivity contribution in [3.05, 3.63) is 17.6 Å². The van der Waals surface area contributed by atoms with Gasteiger partial charge >= 0.3 is 5.97 Å². The van der Waals surface area contributed by atoms with Gasteiger partial charge in [0.25, 0.3) is 0 Å². The summed E-state index contributed by atoms with van der Waals surface area (Å²) in [7, 11) is 5.34. The Labute approximate surface area is 107 Å². The molecule has 0 aliphatic carbocycles. The summed E-state index contributed by atoms with van der Waals surface area (Å²) in [5.74, 6) is 0.191. The number of nitrogens with zero attached hydrogens (tertiary/aromatic N) is 3. The number of carbonyl (C=O) groups excluding carboxylic acids is 1. The molecule has 0 bridgehead atoms. The summed E-state index contributed by atoms with van der Waals surface area (Å²) >= 11 is 0. The Balaban J connectivity index is 2.77. The predicted molar refractivity (Wildman–Crippen MR) is 69.7 cm³/mol. The van der Waals surface area contributed by atoms with Gasteiger partial charge in [0.05, 0.1) is 7.11 Å². The van der Waals surface area contributed by atoms with E-state index >= 15 is 0 Å². The summed E-state index contributed by atoms with van der Waals surface area (Å²) < 4.78 is 4.61. The van der Waals surface area contributed by atoms with Gasteiger partial charge in [-0.05, 0) is 27.9 Å². The van der Waals surface area contributed by atoms with E-state index in [1.165, 1.54) is 7.11 Å². The molecule has 0 aliphatic rings. The van der Waals surface area contributed by atoms with Crippen LogP contribution in [0.1, 0.15) is 23.2 Å². The van der Waals surface area contributed by atoms with Gasteiger partial charge in [0.15, 0.2) is 0 Å². The molecule has 0 radical (unpaired) electrons. The number of nitrogens with one attached hydrogen (secondary N) is 1. The summed E-state index contributed by atoms with van der Waals surface area (Å²) in [6, 6.07) is 2.16. The monoisotopic (exact) mass is 252 g/mol. The first-order valence-corrected chi connectivity index (χ1v) is 5.78. The predicted octanol–water partition coefficient (Wildman–Crippen LogP) is 0.934. The molecule has 100 valence electrons. The topological polar surface area (TPSA) is 67.3 Å². The van der Waals surface area contributed by atoms with Crippen molar-refractivity contribution < 1.29 is 9.53 Å². The van der Waals surface area contributed by atoms with Crippen molar-refractivity contribution in [2.24, 2.45) is 0 Å². The van der Waals surface area contributed by atoms with E-state index in [9.17, 15) is 4.79 Å². The maximum absolute atomic E-state index is 11.4. The number of esters is 1. The molecule has 6 nitrogen and oxygen atoms in total. The molecule has 0 spiro atoms. The Kier molecular flexibility index (Phi) is 5.03. The molecule has 1 atom stereocenters. The molecular formula is C12H20N4O2. The van der Waals surface area contributed by atoms with Crippen LogP contribution in [0.3, 0.4) is 0 Å². The third kappa shape index (κ3) is 3.96. The number of ether oxygens (including phenoxy) is 1. The van der Waals surface area contributed by atoms with Gasteiger partial charge in [0.1, 0.15) is 5.82 Å². The van der Waals surface area contributed by atoms with Crippen LogP contribution in [-0.2, 0) is 4.74 Å². The standard InChI is InChI=1S/C12H20N4O2/c1-8-6-10(13-7-9(2)16(3)4)15-11(14-8)12(17)18-5/h6,9H,7H2,1-5H3,(H,13,14,15). The van der Waals surface area contributed by atoms with E-state index in [-0.39, 0.29) is 5.82 Å². The van der Waals surface area contributed by atoms with Crippen LogP contribution >= 0.6 is 0 Å². The van der Waals surface area contributed by atoms with Crippen LogP contribution in [0.15, 0.2) is 6.07 Å². The Hall–Kier alpha value is -1.69. The summed E-state index contributed by atoms with van der Waals surface area (Å²) in [5.41, 5.74) is 0.727. The molecule has 1 aromatic heterocycles. The van der Waals surface area contributed by atoms with Gasteiger partial charge in [-0.25, -0.2) is 14.8 Å². The average molecular weight is 252 g/mol. The Morgan fingerprint density at radius 3 is 2.72 bits per heavy atom. The first-order valence-electron chi connectivity index (χ1n) is 5.78. The van der Waals surface area contributed by atoms with E-state index < -0.39 is 5.97 Å². The molecular weight excluding hydrogens is 232 g/mol. The van der Waals surface area contributed by atoms with Gasteiger partial charge in [-0.3, -0.25) is 0 Å². The average Bonchev–Trinajstić information content (AvgIpc) is 2.34. The van der Waals surface area contributed by atoms with Crippen molar-refractivity contribution in [1.29, 1.82) is 0 Å². The van der Waals surface area contributed by atoms with Crippen molar-refractivity contribution in [2.45, 2.75) is 19.9 Å². The molecule has 0 amide bonds. The molecule has 1 unspecified atom stereocenters. The number of aromatic nitrogens is 2. The highest BCUT2D eigenvalue weighted by atomic mass is 16.5. The second-order valence-electron chi connectivity index (χ2n) is 4.40. The van der Waals surface area contributed by atoms with Gasteiger partial charge in [0.2, 0.25) is 5.82 Å². The number of hydrogen-bond donors (Lipinski definition) is 1. The van der Waals surface area contributed by atoms with E-state index in [4.69, 9.17) is 0 Å². The number of hydrogen-bond acceptors (Lipinski definition) is 6. The minimum Gasteiger partial charge on any atom is -0.463 e. The second-order valence-corrected chi connectivity index (χ2v) is 4.40. The Bertz CT molecular complexity index is 421. The molecule has 6 heteroatoms. The lowest BCUT2D eigenvalue weighted by atomic mass is 10.3. The summed E-state index contributed by atoms with van der Waals surface area (Å²) in [4.78, 5) is 21.6. The number of anilines is 1. The maximum atomic E-state index is 11.4. The van der Waals surface area contributed by atoms with Gasteiger partial charge in [-0.2, -0.15) is 0 Å². The van der Waals surface area contributed by atoms with Crippen molar-refractivity contribution in [3.8, 4) is 0 Å². The fourth-order valence-corrected chi connectivity index (χ4v) is 1.28. The Morgan fingerprint density at radius 1 is 1.50 bits per heavy atom. The summed E-state index contributed by atoms with van der Waals surface area (Å²) in [6.07, 6.45) is 0. The molecule has 1 heterocycles. The van der Waals surface area contributed by atoms with Gasteiger partial charge in [-0.1, -0.05) is 0 Å². The van der Waals surface area contributed by atoms with E-state index in [1.54, 1.807) is 6.07 Å². The highest BCUT2D eigenvalue weighted by Crippen LogP contribution is 2.07. The largest absolute Gasteiger partial charge is 0.463 e. The third-order valence-electron chi connectivity index (χ3n) is 2.68. The Morgan fingerprint density at radius 2 is 2.17 bits per heavy atom. The minimum atomic E-state index is -0.526. The number of carbonyl (C=O) groups is 1. The van der Waals surface area contributed by atoms with Crippen LogP contribution in [0.2, 0.25) is 0 Å².